The summed E-state index contributed by atoms with van der Waals surface area (Å²) in [6.07, 6.45) is 3.36. The van der Waals surface area contributed by atoms with Gasteiger partial charge in [0.05, 0.1) is 5.54 Å². The summed E-state index contributed by atoms with van der Waals surface area (Å²) < 4.78 is 8.20. The highest BCUT2D eigenvalue weighted by Gasteiger charge is 2.49. The Balaban J connectivity index is 1.62. The lowest BCUT2D eigenvalue weighted by Crippen LogP contribution is -2.68. The molecule has 22 heavy (non-hydrogen) atoms. The molecule has 1 saturated carbocycles. The van der Waals surface area contributed by atoms with Crippen LogP contribution in [-0.2, 0) is 11.3 Å². The minimum atomic E-state index is -0.783. The molecule has 0 unspecified atom stereocenters. The highest BCUT2D eigenvalue weighted by molar-refractivity contribution is 6.52. The Kier molecular flexibility index (Phi) is 4.54. The first-order valence-corrected chi connectivity index (χ1v) is 11.2. The first kappa shape index (κ1) is 15.6. The first-order valence-electron chi connectivity index (χ1n) is 8.33. The summed E-state index contributed by atoms with van der Waals surface area (Å²) in [7, 11) is -0.783. The average molecular weight is 318 g/mol. The van der Waals surface area contributed by atoms with Crippen molar-refractivity contribution in [2.24, 2.45) is 0 Å². The zero-order valence-electron chi connectivity index (χ0n) is 13.6. The second-order valence-electron chi connectivity index (χ2n) is 6.83. The fourth-order valence-corrected chi connectivity index (χ4v) is 4.88. The van der Waals surface area contributed by atoms with Gasteiger partial charge in [-0.05, 0) is 24.8 Å². The summed E-state index contributed by atoms with van der Waals surface area (Å²) in [5.41, 5.74) is 1.11. The van der Waals surface area contributed by atoms with E-state index in [0.717, 1.165) is 38.0 Å². The zero-order chi connectivity index (χ0) is 15.6. The third-order valence-corrected chi connectivity index (χ3v) is 7.02. The van der Waals surface area contributed by atoms with E-state index in [4.69, 9.17) is 4.74 Å². The Labute approximate surface area is 134 Å². The second-order valence-corrected chi connectivity index (χ2v) is 9.75. The van der Waals surface area contributed by atoms with Crippen molar-refractivity contribution >= 4 is 15.1 Å². The Morgan fingerprint density at radius 3 is 2.55 bits per heavy atom. The van der Waals surface area contributed by atoms with Crippen LogP contribution in [0.25, 0.3) is 0 Å². The Bertz CT molecular complexity index is 517. The molecule has 0 aromatic heterocycles. The Hall–Kier alpha value is -1.33. The largest absolute Gasteiger partial charge is 0.445 e. The lowest BCUT2D eigenvalue weighted by Gasteiger charge is -2.56. The highest BCUT2D eigenvalue weighted by Crippen LogP contribution is 2.41. The molecule has 1 amide bonds. The van der Waals surface area contributed by atoms with Gasteiger partial charge in [0.25, 0.3) is 0 Å². The molecule has 1 spiro atoms. The number of hydrogen-bond acceptors (Lipinski definition) is 3. The summed E-state index contributed by atoms with van der Waals surface area (Å²) >= 11 is 0. The van der Waals surface area contributed by atoms with Crippen molar-refractivity contribution in [3.8, 4) is 0 Å². The Morgan fingerprint density at radius 1 is 1.23 bits per heavy atom. The van der Waals surface area contributed by atoms with Gasteiger partial charge in [0.1, 0.15) is 15.6 Å². The van der Waals surface area contributed by atoms with Crippen molar-refractivity contribution in [3.05, 3.63) is 35.9 Å². The van der Waals surface area contributed by atoms with Crippen LogP contribution in [0.5, 0.6) is 0 Å². The molecule has 4 nitrogen and oxygen atoms in total. The van der Waals surface area contributed by atoms with Crippen LogP contribution in [0.1, 0.15) is 24.8 Å². The normalized spacial score (nSPS) is 21.0. The number of carbonyl (C=O) groups excluding carboxylic acids is 1. The maximum atomic E-state index is 12.6. The minimum absolute atomic E-state index is 0.0588. The second kappa shape index (κ2) is 6.42. The molecular weight excluding hydrogens is 292 g/mol. The van der Waals surface area contributed by atoms with Gasteiger partial charge in [0.2, 0.25) is 0 Å². The topological polar surface area (TPSA) is 32.8 Å². The maximum absolute atomic E-state index is 12.6. The number of piperazine rings is 1. The van der Waals surface area contributed by atoms with Gasteiger partial charge in [-0.2, -0.15) is 0 Å². The van der Waals surface area contributed by atoms with E-state index in [0.29, 0.717) is 6.61 Å². The summed E-state index contributed by atoms with van der Waals surface area (Å²) in [6.45, 7) is 7.99. The van der Waals surface area contributed by atoms with Crippen LogP contribution in [0.2, 0.25) is 13.1 Å². The van der Waals surface area contributed by atoms with E-state index in [2.05, 4.69) is 17.7 Å². The van der Waals surface area contributed by atoms with Crippen LogP contribution in [0.4, 0.5) is 4.79 Å². The molecular formula is C17H26N2O2Si. The molecule has 3 rings (SSSR count). The third-order valence-electron chi connectivity index (χ3n) is 5.12. The molecule has 0 radical (unpaired) electrons. The van der Waals surface area contributed by atoms with Gasteiger partial charge in [0.15, 0.2) is 0 Å². The van der Waals surface area contributed by atoms with Crippen LogP contribution in [0, 0.1) is 0 Å². The molecule has 1 aliphatic heterocycles. The molecule has 2 aliphatic rings. The van der Waals surface area contributed by atoms with Crippen molar-refractivity contribution in [2.45, 2.75) is 44.5 Å². The van der Waals surface area contributed by atoms with Crippen molar-refractivity contribution in [1.29, 1.82) is 0 Å². The smallest absolute Gasteiger partial charge is 0.410 e. The quantitative estimate of drug-likeness (QED) is 0.804. The lowest BCUT2D eigenvalue weighted by molar-refractivity contribution is -0.0300. The van der Waals surface area contributed by atoms with E-state index < -0.39 is 8.96 Å². The number of amides is 1. The first-order chi connectivity index (χ1) is 10.6. The van der Waals surface area contributed by atoms with Crippen LogP contribution in [0.15, 0.2) is 30.3 Å². The third kappa shape index (κ3) is 3.06. The van der Waals surface area contributed by atoms with E-state index >= 15 is 0 Å². The van der Waals surface area contributed by atoms with E-state index in [-0.39, 0.29) is 11.6 Å². The molecule has 1 saturated heterocycles. The van der Waals surface area contributed by atoms with Gasteiger partial charge < -0.3 is 14.2 Å². The van der Waals surface area contributed by atoms with Gasteiger partial charge in [-0.3, -0.25) is 0 Å². The highest BCUT2D eigenvalue weighted by atomic mass is 28.3. The van der Waals surface area contributed by atoms with Crippen LogP contribution < -0.4 is 0 Å². The minimum Gasteiger partial charge on any atom is -0.445 e. The SMILES string of the molecule is C[SiH](C)N1CCN(C(=O)OCc2ccccc2)C2(CCC2)C1. The molecule has 0 bridgehead atoms. The van der Waals surface area contributed by atoms with Crippen molar-refractivity contribution in [1.82, 2.24) is 9.47 Å². The number of hydrogen-bond donors (Lipinski definition) is 0. The summed E-state index contributed by atoms with van der Waals surface area (Å²) in [6, 6.07) is 9.92. The molecule has 120 valence electrons. The number of nitrogens with zero attached hydrogens (tertiary/aromatic N) is 2. The molecule has 2 fully saturated rings. The fraction of sp³-hybridized carbons (Fsp3) is 0.588. The molecule has 1 heterocycles. The monoisotopic (exact) mass is 318 g/mol. The molecule has 0 atom stereocenters. The summed E-state index contributed by atoms with van der Waals surface area (Å²) in [5.74, 6) is 0. The van der Waals surface area contributed by atoms with Gasteiger partial charge in [-0.15, -0.1) is 0 Å². The van der Waals surface area contributed by atoms with E-state index in [1.807, 2.05) is 35.2 Å². The van der Waals surface area contributed by atoms with E-state index in [1.165, 1.54) is 6.42 Å². The van der Waals surface area contributed by atoms with E-state index in [9.17, 15) is 4.79 Å². The summed E-state index contributed by atoms with van der Waals surface area (Å²) in [5, 5.41) is 0. The van der Waals surface area contributed by atoms with Gasteiger partial charge in [0, 0.05) is 19.6 Å². The molecule has 0 N–H and O–H groups in total. The maximum Gasteiger partial charge on any atom is 0.410 e. The lowest BCUT2D eigenvalue weighted by atomic mass is 9.74. The number of rotatable bonds is 3. The zero-order valence-corrected chi connectivity index (χ0v) is 14.8. The molecule has 1 aromatic rings. The number of ether oxygens (including phenoxy) is 1. The average Bonchev–Trinajstić information content (AvgIpc) is 2.51. The van der Waals surface area contributed by atoms with Crippen molar-refractivity contribution in [3.63, 3.8) is 0 Å². The predicted molar refractivity (Wildman–Crippen MR) is 90.4 cm³/mol. The van der Waals surface area contributed by atoms with Gasteiger partial charge in [-0.25, -0.2) is 4.79 Å². The van der Waals surface area contributed by atoms with Crippen molar-refractivity contribution in [2.75, 3.05) is 19.6 Å². The van der Waals surface area contributed by atoms with Gasteiger partial charge in [-0.1, -0.05) is 43.4 Å². The van der Waals surface area contributed by atoms with Crippen LogP contribution in [-0.4, -0.2) is 49.7 Å². The fourth-order valence-electron chi connectivity index (χ4n) is 3.54. The Morgan fingerprint density at radius 2 is 1.95 bits per heavy atom. The molecule has 1 aromatic carbocycles. The number of benzene rings is 1. The van der Waals surface area contributed by atoms with E-state index in [1.54, 1.807) is 0 Å². The number of carbonyl (C=O) groups is 1. The van der Waals surface area contributed by atoms with Crippen LogP contribution >= 0.6 is 0 Å². The standard InChI is InChI=1S/C17H26N2O2Si/c1-22(2)18-11-12-19(17(14-18)9-6-10-17)16(20)21-13-15-7-4-3-5-8-15/h3-5,7-8,22H,6,9-14H2,1-2H3. The van der Waals surface area contributed by atoms with Crippen LogP contribution in [0.3, 0.4) is 0 Å². The molecule has 5 heteroatoms. The van der Waals surface area contributed by atoms with Crippen molar-refractivity contribution < 1.29 is 9.53 Å². The van der Waals surface area contributed by atoms with Gasteiger partial charge >= 0.3 is 6.09 Å². The predicted octanol–water partition coefficient (Wildman–Crippen LogP) is 2.85. The molecule has 1 aliphatic carbocycles. The summed E-state index contributed by atoms with van der Waals surface area (Å²) in [4.78, 5) is 14.6.